The third-order valence-corrected chi connectivity index (χ3v) is 5.60. The van der Waals surface area contributed by atoms with E-state index in [4.69, 9.17) is 4.74 Å². The minimum Gasteiger partial charge on any atom is -0.375 e. The molecule has 1 saturated heterocycles. The van der Waals surface area contributed by atoms with Gasteiger partial charge in [0.15, 0.2) is 0 Å². The van der Waals surface area contributed by atoms with Crippen molar-refractivity contribution in [2.45, 2.75) is 50.7 Å². The molecule has 1 aromatic rings. The van der Waals surface area contributed by atoms with Crippen molar-refractivity contribution in [2.24, 2.45) is 5.92 Å². The van der Waals surface area contributed by atoms with Crippen LogP contribution in [-0.4, -0.2) is 18.8 Å². The molecule has 21 heavy (non-hydrogen) atoms. The molecule has 0 radical (unpaired) electrons. The molecule has 2 aliphatic rings. The van der Waals surface area contributed by atoms with Gasteiger partial charge in [-0.25, -0.2) is 4.39 Å². The molecule has 4 heteroatoms. The first kappa shape index (κ1) is 15.4. The van der Waals surface area contributed by atoms with Crippen LogP contribution in [0.1, 0.15) is 50.6 Å². The Morgan fingerprint density at radius 1 is 1.48 bits per heavy atom. The summed E-state index contributed by atoms with van der Waals surface area (Å²) in [5.74, 6) is 0.368. The van der Waals surface area contributed by atoms with Crippen LogP contribution in [0.4, 0.5) is 4.39 Å². The second-order valence-corrected chi connectivity index (χ2v) is 7.20. The van der Waals surface area contributed by atoms with Gasteiger partial charge in [0, 0.05) is 12.6 Å². The zero-order valence-electron chi connectivity index (χ0n) is 12.5. The fraction of sp³-hybridized carbons (Fsp3) is 0.647. The molecule has 1 heterocycles. The van der Waals surface area contributed by atoms with Crippen molar-refractivity contribution < 1.29 is 9.13 Å². The summed E-state index contributed by atoms with van der Waals surface area (Å²) < 4.78 is 20.1. The largest absolute Gasteiger partial charge is 0.375 e. The lowest BCUT2D eigenvalue weighted by Gasteiger charge is -2.49. The Morgan fingerprint density at radius 2 is 2.29 bits per heavy atom. The quantitative estimate of drug-likeness (QED) is 0.852. The molecule has 1 N–H and O–H groups in total. The second-order valence-electron chi connectivity index (χ2n) is 6.35. The molecule has 0 bridgehead atoms. The van der Waals surface area contributed by atoms with Gasteiger partial charge in [-0.05, 0) is 78.2 Å². The Balaban J connectivity index is 1.81. The van der Waals surface area contributed by atoms with Crippen molar-refractivity contribution in [3.05, 3.63) is 34.1 Å². The maximum absolute atomic E-state index is 13.5. The summed E-state index contributed by atoms with van der Waals surface area (Å²) in [5.41, 5.74) is 1.32. The summed E-state index contributed by atoms with van der Waals surface area (Å²) in [5, 5.41) is 3.60. The highest BCUT2D eigenvalue weighted by Crippen LogP contribution is 2.47. The molecule has 1 aliphatic carbocycles. The van der Waals surface area contributed by atoms with E-state index in [1.165, 1.54) is 24.8 Å². The first-order chi connectivity index (χ1) is 10.1. The third-order valence-electron chi connectivity index (χ3n) is 4.99. The molecular weight excluding hydrogens is 333 g/mol. The van der Waals surface area contributed by atoms with Gasteiger partial charge in [0.25, 0.3) is 0 Å². The van der Waals surface area contributed by atoms with Crippen LogP contribution in [0.15, 0.2) is 22.7 Å². The summed E-state index contributed by atoms with van der Waals surface area (Å²) in [6.45, 7) is 3.91. The van der Waals surface area contributed by atoms with Crippen LogP contribution in [0.25, 0.3) is 0 Å². The summed E-state index contributed by atoms with van der Waals surface area (Å²) in [6, 6.07) is 5.68. The number of nitrogens with one attached hydrogen (secondary N) is 1. The van der Waals surface area contributed by atoms with Gasteiger partial charge in [0.05, 0.1) is 10.1 Å². The van der Waals surface area contributed by atoms with Gasteiger partial charge in [-0.2, -0.15) is 0 Å². The molecule has 2 fully saturated rings. The van der Waals surface area contributed by atoms with Gasteiger partial charge < -0.3 is 10.1 Å². The Kier molecular flexibility index (Phi) is 4.67. The van der Waals surface area contributed by atoms with Crippen molar-refractivity contribution in [3.63, 3.8) is 0 Å². The lowest BCUT2D eigenvalue weighted by molar-refractivity contribution is -0.147. The Labute approximate surface area is 134 Å². The van der Waals surface area contributed by atoms with Gasteiger partial charge in [0.1, 0.15) is 5.82 Å². The maximum Gasteiger partial charge on any atom is 0.137 e. The zero-order valence-corrected chi connectivity index (χ0v) is 14.1. The number of hydrogen-bond donors (Lipinski definition) is 1. The van der Waals surface area contributed by atoms with Crippen LogP contribution in [-0.2, 0) is 4.74 Å². The molecule has 0 amide bonds. The number of hydrogen-bond acceptors (Lipinski definition) is 2. The summed E-state index contributed by atoms with van der Waals surface area (Å²) in [6.07, 6.45) is 5.90. The van der Waals surface area contributed by atoms with Gasteiger partial charge in [-0.1, -0.05) is 13.0 Å². The fourth-order valence-corrected chi connectivity index (χ4v) is 4.15. The van der Waals surface area contributed by atoms with E-state index in [9.17, 15) is 4.39 Å². The fourth-order valence-electron chi connectivity index (χ4n) is 3.75. The Hall–Kier alpha value is -0.450. The summed E-state index contributed by atoms with van der Waals surface area (Å²) in [7, 11) is 0. The normalized spacial score (nSPS) is 25.6. The predicted molar refractivity (Wildman–Crippen MR) is 85.8 cm³/mol. The molecular formula is C17H23BrFNO. The van der Waals surface area contributed by atoms with Gasteiger partial charge in [0.2, 0.25) is 0 Å². The zero-order chi connectivity index (χ0) is 14.9. The average molecular weight is 356 g/mol. The first-order valence-corrected chi connectivity index (χ1v) is 8.75. The molecule has 3 rings (SSSR count). The van der Waals surface area contributed by atoms with E-state index in [1.807, 2.05) is 12.1 Å². The van der Waals surface area contributed by atoms with Crippen LogP contribution < -0.4 is 5.32 Å². The van der Waals surface area contributed by atoms with Crippen LogP contribution in [0.5, 0.6) is 0 Å². The molecule has 1 aliphatic heterocycles. The molecule has 1 saturated carbocycles. The van der Waals surface area contributed by atoms with Gasteiger partial charge in [-0.15, -0.1) is 0 Å². The predicted octanol–water partition coefficient (Wildman–Crippen LogP) is 4.59. The minimum absolute atomic E-state index is 0.147. The van der Waals surface area contributed by atoms with E-state index in [1.54, 1.807) is 6.07 Å². The van der Waals surface area contributed by atoms with E-state index in [0.29, 0.717) is 10.4 Å². The minimum atomic E-state index is -0.198. The Bertz CT molecular complexity index is 504. The van der Waals surface area contributed by atoms with E-state index in [2.05, 4.69) is 28.2 Å². The number of halogens is 2. The molecule has 2 unspecified atom stereocenters. The maximum atomic E-state index is 13.5. The summed E-state index contributed by atoms with van der Waals surface area (Å²) >= 11 is 3.31. The topological polar surface area (TPSA) is 21.3 Å². The summed E-state index contributed by atoms with van der Waals surface area (Å²) in [4.78, 5) is 0. The third kappa shape index (κ3) is 3.17. The van der Waals surface area contributed by atoms with Crippen molar-refractivity contribution in [2.75, 3.05) is 13.2 Å². The molecule has 2 atom stereocenters. The highest BCUT2D eigenvalue weighted by atomic mass is 79.9. The molecule has 1 aromatic carbocycles. The van der Waals surface area contributed by atoms with E-state index < -0.39 is 0 Å². The van der Waals surface area contributed by atoms with E-state index in [-0.39, 0.29) is 17.5 Å². The van der Waals surface area contributed by atoms with Crippen molar-refractivity contribution in [3.8, 4) is 0 Å². The van der Waals surface area contributed by atoms with Gasteiger partial charge in [-0.3, -0.25) is 0 Å². The average Bonchev–Trinajstić information content (AvgIpc) is 2.46. The SMILES string of the molecule is CCNC(c1ccc(F)c(Br)c1)C1CCOC2(CCC2)C1. The monoisotopic (exact) mass is 355 g/mol. The highest BCUT2D eigenvalue weighted by Gasteiger charge is 2.44. The van der Waals surface area contributed by atoms with Crippen molar-refractivity contribution in [1.82, 2.24) is 5.32 Å². The number of rotatable bonds is 4. The van der Waals surface area contributed by atoms with Crippen molar-refractivity contribution in [1.29, 1.82) is 0 Å². The standard InChI is InChI=1S/C17H23BrFNO/c1-2-20-16(12-4-5-15(19)14(18)10-12)13-6-9-21-17(11-13)7-3-8-17/h4-5,10,13,16,20H,2-3,6-9,11H2,1H3. The molecule has 1 spiro atoms. The first-order valence-electron chi connectivity index (χ1n) is 7.96. The lowest BCUT2D eigenvalue weighted by atomic mass is 9.69. The smallest absolute Gasteiger partial charge is 0.137 e. The van der Waals surface area contributed by atoms with E-state index >= 15 is 0 Å². The number of benzene rings is 1. The Morgan fingerprint density at radius 3 is 2.90 bits per heavy atom. The second kappa shape index (κ2) is 6.35. The van der Waals surface area contributed by atoms with Crippen LogP contribution >= 0.6 is 15.9 Å². The number of ether oxygens (including phenoxy) is 1. The molecule has 2 nitrogen and oxygen atoms in total. The van der Waals surface area contributed by atoms with Gasteiger partial charge >= 0.3 is 0 Å². The molecule has 0 aromatic heterocycles. The van der Waals surface area contributed by atoms with Crippen LogP contribution in [0.2, 0.25) is 0 Å². The van der Waals surface area contributed by atoms with Crippen LogP contribution in [0, 0.1) is 11.7 Å². The van der Waals surface area contributed by atoms with Crippen molar-refractivity contribution >= 4 is 15.9 Å². The molecule has 116 valence electrons. The van der Waals surface area contributed by atoms with Crippen LogP contribution in [0.3, 0.4) is 0 Å². The van der Waals surface area contributed by atoms with E-state index in [0.717, 1.165) is 26.0 Å². The highest BCUT2D eigenvalue weighted by molar-refractivity contribution is 9.10. The lowest BCUT2D eigenvalue weighted by Crippen LogP contribution is -2.48.